The predicted octanol–water partition coefficient (Wildman–Crippen LogP) is 2.67. The van der Waals surface area contributed by atoms with Crippen LogP contribution in [0, 0.1) is 11.8 Å². The smallest absolute Gasteiger partial charge is 0.185 e. The van der Waals surface area contributed by atoms with E-state index in [0.717, 1.165) is 32.1 Å². The maximum atomic E-state index is 4.61. The van der Waals surface area contributed by atoms with E-state index in [2.05, 4.69) is 47.8 Å². The second kappa shape index (κ2) is 8.11. The first kappa shape index (κ1) is 16.7. The van der Waals surface area contributed by atoms with Gasteiger partial charge >= 0.3 is 0 Å². The van der Waals surface area contributed by atoms with Crippen molar-refractivity contribution in [1.29, 1.82) is 0 Å². The molecule has 1 aromatic heterocycles. The molecule has 120 valence electrons. The molecule has 1 saturated heterocycles. The number of anilines is 1. The van der Waals surface area contributed by atoms with E-state index in [1.165, 1.54) is 29.6 Å². The summed E-state index contributed by atoms with van der Waals surface area (Å²) in [5.41, 5.74) is 0. The topological polar surface area (TPSA) is 31.4 Å². The zero-order valence-electron chi connectivity index (χ0n) is 13.9. The number of nitrogens with zero attached hydrogens (tertiary/aromatic N) is 3. The minimum absolute atomic E-state index is 0.700. The summed E-state index contributed by atoms with van der Waals surface area (Å²) in [7, 11) is 0. The Labute approximate surface area is 133 Å². The van der Waals surface area contributed by atoms with Crippen LogP contribution in [0.2, 0.25) is 0 Å². The molecule has 2 rings (SSSR count). The molecule has 21 heavy (non-hydrogen) atoms. The largest absolute Gasteiger partial charge is 0.346 e. The van der Waals surface area contributed by atoms with E-state index >= 15 is 0 Å². The van der Waals surface area contributed by atoms with Crippen LogP contribution in [0.1, 0.15) is 32.6 Å². The van der Waals surface area contributed by atoms with Crippen molar-refractivity contribution < 1.29 is 0 Å². The van der Waals surface area contributed by atoms with E-state index in [0.29, 0.717) is 5.92 Å². The van der Waals surface area contributed by atoms with Gasteiger partial charge in [-0.15, -0.1) is 11.3 Å². The van der Waals surface area contributed by atoms with Crippen LogP contribution in [-0.4, -0.2) is 49.2 Å². The molecule has 0 atom stereocenters. The first-order chi connectivity index (χ1) is 10.0. The van der Waals surface area contributed by atoms with Gasteiger partial charge in [0.15, 0.2) is 5.13 Å². The summed E-state index contributed by atoms with van der Waals surface area (Å²) in [4.78, 5) is 11.0. The quantitative estimate of drug-likeness (QED) is 0.839. The Kier molecular flexibility index (Phi) is 6.45. The standard InChI is InChI=1S/C16H30N4S/c1-13(2)9-17-10-15-11-18-16(21-15)20-7-5-19(6-8-20)12-14(3)4/h11,13-14,17H,5-10,12H2,1-4H3. The van der Waals surface area contributed by atoms with Gasteiger partial charge < -0.3 is 10.2 Å². The van der Waals surface area contributed by atoms with E-state index in [-0.39, 0.29) is 0 Å². The molecule has 0 saturated carbocycles. The molecule has 0 bridgehead atoms. The van der Waals surface area contributed by atoms with E-state index in [9.17, 15) is 0 Å². The summed E-state index contributed by atoms with van der Waals surface area (Å²) >= 11 is 1.84. The zero-order valence-corrected chi connectivity index (χ0v) is 14.7. The number of thiazole rings is 1. The summed E-state index contributed by atoms with van der Waals surface area (Å²) in [5, 5.41) is 4.68. The molecule has 4 nitrogen and oxygen atoms in total. The van der Waals surface area contributed by atoms with Crippen LogP contribution < -0.4 is 10.2 Å². The van der Waals surface area contributed by atoms with Crippen LogP contribution in [0.3, 0.4) is 0 Å². The van der Waals surface area contributed by atoms with Gasteiger partial charge in [0.25, 0.3) is 0 Å². The molecular weight excluding hydrogens is 280 g/mol. The molecule has 0 radical (unpaired) electrons. The Morgan fingerprint density at radius 1 is 1.14 bits per heavy atom. The van der Waals surface area contributed by atoms with Crippen molar-refractivity contribution in [2.75, 3.05) is 44.2 Å². The summed E-state index contributed by atoms with van der Waals surface area (Å²) < 4.78 is 0. The molecule has 0 unspecified atom stereocenters. The van der Waals surface area contributed by atoms with E-state index in [1.807, 2.05) is 17.5 Å². The third-order valence-corrected chi connectivity index (χ3v) is 4.72. The lowest BCUT2D eigenvalue weighted by Gasteiger charge is -2.35. The monoisotopic (exact) mass is 310 g/mol. The highest BCUT2D eigenvalue weighted by Gasteiger charge is 2.19. The second-order valence-corrected chi connectivity index (χ2v) is 7.91. The van der Waals surface area contributed by atoms with Crippen molar-refractivity contribution in [2.45, 2.75) is 34.2 Å². The Bertz CT molecular complexity index is 408. The van der Waals surface area contributed by atoms with Crippen LogP contribution in [0.5, 0.6) is 0 Å². The Balaban J connectivity index is 1.77. The molecule has 2 heterocycles. The van der Waals surface area contributed by atoms with Crippen molar-refractivity contribution in [3.63, 3.8) is 0 Å². The van der Waals surface area contributed by atoms with Crippen molar-refractivity contribution >= 4 is 16.5 Å². The average Bonchev–Trinajstić information content (AvgIpc) is 2.87. The van der Waals surface area contributed by atoms with Crippen LogP contribution in [0.25, 0.3) is 0 Å². The molecule has 0 aliphatic carbocycles. The molecule has 1 aliphatic rings. The number of hydrogen-bond acceptors (Lipinski definition) is 5. The minimum atomic E-state index is 0.700. The van der Waals surface area contributed by atoms with E-state index < -0.39 is 0 Å². The zero-order chi connectivity index (χ0) is 15.2. The molecule has 0 aromatic carbocycles. The number of aromatic nitrogens is 1. The lowest BCUT2D eigenvalue weighted by atomic mass is 10.2. The Morgan fingerprint density at radius 2 is 1.86 bits per heavy atom. The third kappa shape index (κ3) is 5.57. The Morgan fingerprint density at radius 3 is 2.48 bits per heavy atom. The van der Waals surface area contributed by atoms with Gasteiger partial charge in [-0.3, -0.25) is 4.90 Å². The first-order valence-electron chi connectivity index (χ1n) is 8.17. The van der Waals surface area contributed by atoms with Crippen molar-refractivity contribution in [3.8, 4) is 0 Å². The minimum Gasteiger partial charge on any atom is -0.346 e. The number of piperazine rings is 1. The predicted molar refractivity (Wildman–Crippen MR) is 92.1 cm³/mol. The highest BCUT2D eigenvalue weighted by atomic mass is 32.1. The van der Waals surface area contributed by atoms with Crippen LogP contribution >= 0.6 is 11.3 Å². The molecule has 0 spiro atoms. The van der Waals surface area contributed by atoms with E-state index in [4.69, 9.17) is 0 Å². The highest BCUT2D eigenvalue weighted by Crippen LogP contribution is 2.23. The molecule has 1 N–H and O–H groups in total. The van der Waals surface area contributed by atoms with E-state index in [1.54, 1.807) is 0 Å². The molecular formula is C16H30N4S. The lowest BCUT2D eigenvalue weighted by Crippen LogP contribution is -2.47. The fourth-order valence-electron chi connectivity index (χ4n) is 2.65. The van der Waals surface area contributed by atoms with Gasteiger partial charge in [-0.05, 0) is 18.4 Å². The van der Waals surface area contributed by atoms with Crippen LogP contribution in [0.15, 0.2) is 6.20 Å². The van der Waals surface area contributed by atoms with Crippen LogP contribution in [-0.2, 0) is 6.54 Å². The summed E-state index contributed by atoms with van der Waals surface area (Å²) in [5.74, 6) is 1.46. The van der Waals surface area contributed by atoms with Crippen molar-refractivity contribution in [3.05, 3.63) is 11.1 Å². The highest BCUT2D eigenvalue weighted by molar-refractivity contribution is 7.15. The van der Waals surface area contributed by atoms with Crippen molar-refractivity contribution in [1.82, 2.24) is 15.2 Å². The van der Waals surface area contributed by atoms with Gasteiger partial charge in [0.1, 0.15) is 0 Å². The SMILES string of the molecule is CC(C)CNCc1cnc(N2CCN(CC(C)C)CC2)s1. The average molecular weight is 311 g/mol. The summed E-state index contributed by atoms with van der Waals surface area (Å²) in [6.07, 6.45) is 2.04. The Hall–Kier alpha value is -0.650. The van der Waals surface area contributed by atoms with Crippen LogP contribution in [0.4, 0.5) is 5.13 Å². The molecule has 1 fully saturated rings. The maximum Gasteiger partial charge on any atom is 0.185 e. The summed E-state index contributed by atoms with van der Waals surface area (Å²) in [6.45, 7) is 16.9. The molecule has 1 aliphatic heterocycles. The maximum absolute atomic E-state index is 4.61. The molecule has 0 amide bonds. The molecule has 1 aromatic rings. The van der Waals surface area contributed by atoms with Gasteiger partial charge in [0.05, 0.1) is 0 Å². The number of hydrogen-bond donors (Lipinski definition) is 1. The first-order valence-corrected chi connectivity index (χ1v) is 8.99. The van der Waals surface area contributed by atoms with Gasteiger partial charge in [0.2, 0.25) is 0 Å². The third-order valence-electron chi connectivity index (χ3n) is 3.66. The number of nitrogens with one attached hydrogen (secondary N) is 1. The summed E-state index contributed by atoms with van der Waals surface area (Å²) in [6, 6.07) is 0. The lowest BCUT2D eigenvalue weighted by molar-refractivity contribution is 0.231. The van der Waals surface area contributed by atoms with Gasteiger partial charge in [-0.25, -0.2) is 4.98 Å². The van der Waals surface area contributed by atoms with Gasteiger partial charge in [-0.2, -0.15) is 0 Å². The number of rotatable bonds is 7. The molecule has 5 heteroatoms. The normalized spacial score (nSPS) is 17.1. The second-order valence-electron chi connectivity index (χ2n) is 6.82. The fourth-order valence-corrected chi connectivity index (χ4v) is 3.58. The van der Waals surface area contributed by atoms with Gasteiger partial charge in [-0.1, -0.05) is 27.7 Å². The van der Waals surface area contributed by atoms with Gasteiger partial charge in [0, 0.05) is 50.3 Å². The van der Waals surface area contributed by atoms with Crippen molar-refractivity contribution in [2.24, 2.45) is 11.8 Å². The fraction of sp³-hybridized carbons (Fsp3) is 0.812.